The number of aliphatic hydroxyl groups is 1. The van der Waals surface area contributed by atoms with Crippen LogP contribution in [0.5, 0.6) is 0 Å². The Labute approximate surface area is 115 Å². The number of urea groups is 1. The van der Waals surface area contributed by atoms with Gasteiger partial charge in [0.25, 0.3) is 0 Å². The van der Waals surface area contributed by atoms with E-state index < -0.39 is 17.8 Å². The second-order valence-corrected chi connectivity index (χ2v) is 4.18. The van der Waals surface area contributed by atoms with Gasteiger partial charge in [-0.2, -0.15) is 13.2 Å². The van der Waals surface area contributed by atoms with E-state index >= 15 is 0 Å². The molecule has 0 aliphatic heterocycles. The largest absolute Gasteiger partial charge is 0.418 e. The predicted octanol–water partition coefficient (Wildman–Crippen LogP) is 2.94. The number of alkyl halides is 3. The lowest BCUT2D eigenvalue weighted by Gasteiger charge is -2.22. The molecule has 4 nitrogen and oxygen atoms in total. The molecule has 2 N–H and O–H groups in total. The molecule has 0 atom stereocenters. The van der Waals surface area contributed by atoms with Crippen LogP contribution in [0.15, 0.2) is 24.3 Å². The Morgan fingerprint density at radius 3 is 2.50 bits per heavy atom. The van der Waals surface area contributed by atoms with Crippen LogP contribution in [0, 0.1) is 0 Å². The van der Waals surface area contributed by atoms with Crippen LogP contribution in [-0.4, -0.2) is 35.7 Å². The number of halogens is 3. The number of amides is 2. The van der Waals surface area contributed by atoms with Crippen molar-refractivity contribution in [1.29, 1.82) is 0 Å². The highest BCUT2D eigenvalue weighted by Gasteiger charge is 2.33. The smallest absolute Gasteiger partial charge is 0.395 e. The zero-order valence-corrected chi connectivity index (χ0v) is 11.1. The average molecular weight is 290 g/mol. The van der Waals surface area contributed by atoms with Gasteiger partial charge in [0.05, 0.1) is 17.9 Å². The van der Waals surface area contributed by atoms with Gasteiger partial charge in [0.15, 0.2) is 0 Å². The standard InChI is InChI=1S/C13H17F3N2O2/c1-2-7-18(8-9-19)12(20)17-11-6-4-3-5-10(11)13(14,15)16/h3-6,19H,2,7-9H2,1H3,(H,17,20). The second-order valence-electron chi connectivity index (χ2n) is 4.18. The monoisotopic (exact) mass is 290 g/mol. The average Bonchev–Trinajstić information content (AvgIpc) is 2.38. The molecule has 0 bridgehead atoms. The molecule has 0 aliphatic rings. The molecule has 1 aromatic carbocycles. The molecule has 0 spiro atoms. The summed E-state index contributed by atoms with van der Waals surface area (Å²) in [6.45, 7) is 2.03. The Kier molecular flexibility index (Phi) is 5.82. The van der Waals surface area contributed by atoms with E-state index in [9.17, 15) is 18.0 Å². The van der Waals surface area contributed by atoms with Crippen LogP contribution < -0.4 is 5.32 Å². The molecule has 0 radical (unpaired) electrons. The molecular formula is C13H17F3N2O2. The van der Waals surface area contributed by atoms with E-state index in [1.54, 1.807) is 0 Å². The van der Waals surface area contributed by atoms with Crippen molar-refractivity contribution < 1.29 is 23.1 Å². The van der Waals surface area contributed by atoms with E-state index in [0.29, 0.717) is 13.0 Å². The Hall–Kier alpha value is -1.76. The Morgan fingerprint density at radius 2 is 1.95 bits per heavy atom. The molecule has 0 saturated carbocycles. The third kappa shape index (κ3) is 4.41. The number of nitrogens with zero attached hydrogens (tertiary/aromatic N) is 1. The van der Waals surface area contributed by atoms with E-state index in [-0.39, 0.29) is 18.8 Å². The van der Waals surface area contributed by atoms with Crippen LogP contribution >= 0.6 is 0 Å². The summed E-state index contributed by atoms with van der Waals surface area (Å²) < 4.78 is 38.4. The minimum atomic E-state index is -4.53. The van der Waals surface area contributed by atoms with E-state index in [1.165, 1.54) is 23.1 Å². The van der Waals surface area contributed by atoms with Crippen LogP contribution in [-0.2, 0) is 6.18 Å². The highest BCUT2D eigenvalue weighted by molar-refractivity contribution is 5.90. The number of benzene rings is 1. The van der Waals surface area contributed by atoms with Crippen molar-refractivity contribution in [2.75, 3.05) is 25.0 Å². The van der Waals surface area contributed by atoms with Crippen molar-refractivity contribution >= 4 is 11.7 Å². The fraction of sp³-hybridized carbons (Fsp3) is 0.462. The minimum absolute atomic E-state index is 0.0772. The van der Waals surface area contributed by atoms with Gasteiger partial charge in [-0.1, -0.05) is 19.1 Å². The SMILES string of the molecule is CCCN(CCO)C(=O)Nc1ccccc1C(F)(F)F. The predicted molar refractivity (Wildman–Crippen MR) is 69.4 cm³/mol. The Morgan fingerprint density at radius 1 is 1.30 bits per heavy atom. The van der Waals surface area contributed by atoms with Gasteiger partial charge in [-0.3, -0.25) is 0 Å². The lowest BCUT2D eigenvalue weighted by Crippen LogP contribution is -2.38. The van der Waals surface area contributed by atoms with Crippen LogP contribution in [0.3, 0.4) is 0 Å². The number of carbonyl (C=O) groups is 1. The minimum Gasteiger partial charge on any atom is -0.395 e. The fourth-order valence-corrected chi connectivity index (χ4v) is 1.74. The summed E-state index contributed by atoms with van der Waals surface area (Å²) in [7, 11) is 0. The van der Waals surface area contributed by atoms with Crippen molar-refractivity contribution in [3.8, 4) is 0 Å². The first kappa shape index (κ1) is 16.3. The molecule has 2 amide bonds. The summed E-state index contributed by atoms with van der Waals surface area (Å²) in [5.41, 5.74) is -1.18. The van der Waals surface area contributed by atoms with Gasteiger partial charge in [0.2, 0.25) is 0 Å². The van der Waals surface area contributed by atoms with Gasteiger partial charge in [0.1, 0.15) is 0 Å². The summed E-state index contributed by atoms with van der Waals surface area (Å²) in [4.78, 5) is 13.2. The zero-order valence-electron chi connectivity index (χ0n) is 11.1. The molecule has 0 unspecified atom stereocenters. The maximum absolute atomic E-state index is 12.8. The lowest BCUT2D eigenvalue weighted by molar-refractivity contribution is -0.136. The van der Waals surface area contributed by atoms with Crippen LogP contribution in [0.25, 0.3) is 0 Å². The summed E-state index contributed by atoms with van der Waals surface area (Å²) in [5, 5.41) is 11.1. The van der Waals surface area contributed by atoms with Gasteiger partial charge < -0.3 is 15.3 Å². The fourth-order valence-electron chi connectivity index (χ4n) is 1.74. The third-order valence-corrected chi connectivity index (χ3v) is 2.62. The maximum Gasteiger partial charge on any atom is 0.418 e. The molecule has 7 heteroatoms. The quantitative estimate of drug-likeness (QED) is 0.876. The third-order valence-electron chi connectivity index (χ3n) is 2.62. The molecule has 0 heterocycles. The lowest BCUT2D eigenvalue weighted by atomic mass is 10.1. The van der Waals surface area contributed by atoms with Crippen LogP contribution in [0.4, 0.5) is 23.7 Å². The highest BCUT2D eigenvalue weighted by atomic mass is 19.4. The molecule has 112 valence electrons. The van der Waals surface area contributed by atoms with E-state index in [4.69, 9.17) is 5.11 Å². The molecule has 1 aromatic rings. The van der Waals surface area contributed by atoms with Gasteiger partial charge in [-0.25, -0.2) is 4.79 Å². The summed E-state index contributed by atoms with van der Waals surface area (Å²) in [6.07, 6.45) is -3.88. The van der Waals surface area contributed by atoms with E-state index in [2.05, 4.69) is 5.32 Å². The number of hydrogen-bond donors (Lipinski definition) is 2. The second kappa shape index (κ2) is 7.14. The Balaban J connectivity index is 2.89. The van der Waals surface area contributed by atoms with E-state index in [1.807, 2.05) is 6.92 Å². The van der Waals surface area contributed by atoms with Crippen LogP contribution in [0.2, 0.25) is 0 Å². The first-order valence-corrected chi connectivity index (χ1v) is 6.23. The zero-order chi connectivity index (χ0) is 15.2. The molecule has 0 aromatic heterocycles. The number of carbonyl (C=O) groups excluding carboxylic acids is 1. The molecule has 0 saturated heterocycles. The summed E-state index contributed by atoms with van der Waals surface area (Å²) >= 11 is 0. The highest BCUT2D eigenvalue weighted by Crippen LogP contribution is 2.34. The normalized spacial score (nSPS) is 11.2. The number of hydrogen-bond acceptors (Lipinski definition) is 2. The molecule has 0 fully saturated rings. The first-order valence-electron chi connectivity index (χ1n) is 6.23. The topological polar surface area (TPSA) is 52.6 Å². The number of aliphatic hydroxyl groups excluding tert-OH is 1. The van der Waals surface area contributed by atoms with E-state index in [0.717, 1.165) is 6.07 Å². The molecular weight excluding hydrogens is 273 g/mol. The van der Waals surface area contributed by atoms with Crippen molar-refractivity contribution in [2.45, 2.75) is 19.5 Å². The van der Waals surface area contributed by atoms with Crippen molar-refractivity contribution in [3.05, 3.63) is 29.8 Å². The van der Waals surface area contributed by atoms with Crippen molar-refractivity contribution in [2.24, 2.45) is 0 Å². The molecule has 0 aliphatic carbocycles. The van der Waals surface area contributed by atoms with Crippen molar-refractivity contribution in [1.82, 2.24) is 4.90 Å². The van der Waals surface area contributed by atoms with Gasteiger partial charge in [0, 0.05) is 13.1 Å². The number of anilines is 1. The number of para-hydroxylation sites is 1. The number of rotatable bonds is 5. The molecule has 20 heavy (non-hydrogen) atoms. The Bertz CT molecular complexity index is 443. The first-order chi connectivity index (χ1) is 9.40. The summed E-state index contributed by atoms with van der Waals surface area (Å²) in [5.74, 6) is 0. The number of nitrogens with one attached hydrogen (secondary N) is 1. The van der Waals surface area contributed by atoms with Gasteiger partial charge in [-0.15, -0.1) is 0 Å². The van der Waals surface area contributed by atoms with Gasteiger partial charge in [-0.05, 0) is 18.6 Å². The van der Waals surface area contributed by atoms with Gasteiger partial charge >= 0.3 is 12.2 Å². The maximum atomic E-state index is 12.8. The molecule has 1 rings (SSSR count). The van der Waals surface area contributed by atoms with Crippen molar-refractivity contribution in [3.63, 3.8) is 0 Å². The summed E-state index contributed by atoms with van der Waals surface area (Å²) in [6, 6.07) is 4.13. The van der Waals surface area contributed by atoms with Crippen LogP contribution in [0.1, 0.15) is 18.9 Å².